The van der Waals surface area contributed by atoms with E-state index >= 15 is 0 Å². The lowest BCUT2D eigenvalue weighted by Gasteiger charge is -2.13. The Balaban J connectivity index is 2.44. The SMILES string of the molecule is CCC(N)Cn1c(COC)nc2ccccc21. The number of methoxy groups -OCH3 is 1. The second kappa shape index (κ2) is 5.29. The van der Waals surface area contributed by atoms with Gasteiger partial charge in [-0.1, -0.05) is 19.1 Å². The summed E-state index contributed by atoms with van der Waals surface area (Å²) in [5, 5.41) is 0. The van der Waals surface area contributed by atoms with Crippen molar-refractivity contribution < 1.29 is 4.74 Å². The van der Waals surface area contributed by atoms with Crippen LogP contribution in [0.15, 0.2) is 24.3 Å². The molecular formula is C13H19N3O. The molecule has 2 aromatic rings. The van der Waals surface area contributed by atoms with Crippen LogP contribution in [0.4, 0.5) is 0 Å². The summed E-state index contributed by atoms with van der Waals surface area (Å²) >= 11 is 0. The number of aromatic nitrogens is 2. The number of nitrogens with zero attached hydrogens (tertiary/aromatic N) is 2. The van der Waals surface area contributed by atoms with E-state index in [1.54, 1.807) is 7.11 Å². The van der Waals surface area contributed by atoms with Gasteiger partial charge < -0.3 is 15.0 Å². The maximum absolute atomic E-state index is 6.03. The fraction of sp³-hybridized carbons (Fsp3) is 0.462. The Hall–Kier alpha value is -1.39. The van der Waals surface area contributed by atoms with Gasteiger partial charge in [0.2, 0.25) is 0 Å². The number of rotatable bonds is 5. The molecule has 1 aromatic heterocycles. The Morgan fingerprint density at radius 3 is 2.88 bits per heavy atom. The normalized spacial score (nSPS) is 13.1. The molecule has 1 unspecified atom stereocenters. The topological polar surface area (TPSA) is 53.1 Å². The van der Waals surface area contributed by atoms with Crippen molar-refractivity contribution in [3.05, 3.63) is 30.1 Å². The van der Waals surface area contributed by atoms with Crippen molar-refractivity contribution >= 4 is 11.0 Å². The zero-order chi connectivity index (χ0) is 12.3. The van der Waals surface area contributed by atoms with E-state index in [4.69, 9.17) is 10.5 Å². The molecule has 1 heterocycles. The van der Waals surface area contributed by atoms with Gasteiger partial charge in [-0.15, -0.1) is 0 Å². The average Bonchev–Trinajstić information content (AvgIpc) is 2.68. The molecule has 4 heteroatoms. The first-order valence-electron chi connectivity index (χ1n) is 5.95. The van der Waals surface area contributed by atoms with Crippen LogP contribution in [0.2, 0.25) is 0 Å². The first-order chi connectivity index (χ1) is 8.26. The van der Waals surface area contributed by atoms with Gasteiger partial charge in [-0.2, -0.15) is 0 Å². The molecule has 0 aliphatic carbocycles. The van der Waals surface area contributed by atoms with Crippen molar-refractivity contribution in [2.24, 2.45) is 5.73 Å². The zero-order valence-corrected chi connectivity index (χ0v) is 10.4. The Labute approximate surface area is 101 Å². The number of hydrogen-bond acceptors (Lipinski definition) is 3. The molecule has 0 bridgehead atoms. The molecule has 17 heavy (non-hydrogen) atoms. The minimum Gasteiger partial charge on any atom is -0.377 e. The highest BCUT2D eigenvalue weighted by molar-refractivity contribution is 5.75. The second-order valence-corrected chi connectivity index (χ2v) is 4.23. The Bertz CT molecular complexity index is 492. The highest BCUT2D eigenvalue weighted by Crippen LogP contribution is 2.17. The van der Waals surface area contributed by atoms with Crippen LogP contribution < -0.4 is 5.73 Å². The molecule has 1 atom stereocenters. The minimum absolute atomic E-state index is 0.156. The molecular weight excluding hydrogens is 214 g/mol. The standard InChI is InChI=1S/C13H19N3O/c1-3-10(14)8-16-12-7-5-4-6-11(12)15-13(16)9-17-2/h4-7,10H,3,8-9,14H2,1-2H3. The quantitative estimate of drug-likeness (QED) is 0.858. The molecule has 0 spiro atoms. The summed E-state index contributed by atoms with van der Waals surface area (Å²) in [5.74, 6) is 0.942. The Morgan fingerprint density at radius 1 is 1.41 bits per heavy atom. The van der Waals surface area contributed by atoms with Crippen LogP contribution in [0.5, 0.6) is 0 Å². The summed E-state index contributed by atoms with van der Waals surface area (Å²) in [5.41, 5.74) is 8.16. The van der Waals surface area contributed by atoms with E-state index in [9.17, 15) is 0 Å². The molecule has 92 valence electrons. The first kappa shape index (κ1) is 12.1. The van der Waals surface area contributed by atoms with Crippen molar-refractivity contribution in [2.75, 3.05) is 7.11 Å². The van der Waals surface area contributed by atoms with E-state index in [1.165, 1.54) is 0 Å². The van der Waals surface area contributed by atoms with Crippen molar-refractivity contribution in [3.63, 3.8) is 0 Å². The van der Waals surface area contributed by atoms with Crippen molar-refractivity contribution in [1.82, 2.24) is 9.55 Å². The van der Waals surface area contributed by atoms with Crippen LogP contribution in [0.25, 0.3) is 11.0 Å². The summed E-state index contributed by atoms with van der Waals surface area (Å²) < 4.78 is 7.35. The van der Waals surface area contributed by atoms with Crippen LogP contribution in [-0.4, -0.2) is 22.7 Å². The van der Waals surface area contributed by atoms with E-state index in [0.717, 1.165) is 29.8 Å². The molecule has 4 nitrogen and oxygen atoms in total. The lowest BCUT2D eigenvalue weighted by molar-refractivity contribution is 0.174. The summed E-state index contributed by atoms with van der Waals surface area (Å²) in [6, 6.07) is 8.26. The van der Waals surface area contributed by atoms with Crippen LogP contribution >= 0.6 is 0 Å². The predicted molar refractivity (Wildman–Crippen MR) is 68.7 cm³/mol. The third-order valence-electron chi connectivity index (χ3n) is 2.95. The van der Waals surface area contributed by atoms with E-state index in [-0.39, 0.29) is 6.04 Å². The van der Waals surface area contributed by atoms with Gasteiger partial charge in [-0.25, -0.2) is 4.98 Å². The van der Waals surface area contributed by atoms with Gasteiger partial charge in [0.1, 0.15) is 12.4 Å². The lowest BCUT2D eigenvalue weighted by atomic mass is 10.2. The largest absolute Gasteiger partial charge is 0.377 e. The molecule has 2 rings (SSSR count). The number of fused-ring (bicyclic) bond motifs is 1. The summed E-state index contributed by atoms with van der Waals surface area (Å²) in [6.45, 7) is 3.40. The smallest absolute Gasteiger partial charge is 0.136 e. The number of benzene rings is 1. The summed E-state index contributed by atoms with van der Waals surface area (Å²) in [7, 11) is 1.68. The minimum atomic E-state index is 0.156. The molecule has 0 saturated heterocycles. The number of imidazole rings is 1. The van der Waals surface area contributed by atoms with Crippen LogP contribution in [-0.2, 0) is 17.9 Å². The third-order valence-corrected chi connectivity index (χ3v) is 2.95. The van der Waals surface area contributed by atoms with E-state index in [1.807, 2.05) is 18.2 Å². The Kier molecular flexibility index (Phi) is 3.76. The fourth-order valence-electron chi connectivity index (χ4n) is 1.93. The Morgan fingerprint density at radius 2 is 2.18 bits per heavy atom. The van der Waals surface area contributed by atoms with E-state index in [2.05, 4.69) is 22.5 Å². The highest BCUT2D eigenvalue weighted by Gasteiger charge is 2.12. The van der Waals surface area contributed by atoms with Crippen LogP contribution in [0, 0.1) is 0 Å². The van der Waals surface area contributed by atoms with Gasteiger partial charge in [0.15, 0.2) is 0 Å². The summed E-state index contributed by atoms with van der Waals surface area (Å²) in [6.07, 6.45) is 0.957. The highest BCUT2D eigenvalue weighted by atomic mass is 16.5. The average molecular weight is 233 g/mol. The van der Waals surface area contributed by atoms with Crippen LogP contribution in [0.1, 0.15) is 19.2 Å². The first-order valence-corrected chi connectivity index (χ1v) is 5.95. The van der Waals surface area contributed by atoms with Gasteiger partial charge >= 0.3 is 0 Å². The lowest BCUT2D eigenvalue weighted by Crippen LogP contribution is -2.26. The van der Waals surface area contributed by atoms with Gasteiger partial charge in [-0.05, 0) is 18.6 Å². The second-order valence-electron chi connectivity index (χ2n) is 4.23. The summed E-state index contributed by atoms with van der Waals surface area (Å²) in [4.78, 5) is 4.57. The maximum atomic E-state index is 6.03. The predicted octanol–water partition coefficient (Wildman–Crippen LogP) is 1.92. The fourth-order valence-corrected chi connectivity index (χ4v) is 1.93. The molecule has 2 N–H and O–H groups in total. The van der Waals surface area contributed by atoms with Crippen molar-refractivity contribution in [3.8, 4) is 0 Å². The van der Waals surface area contributed by atoms with E-state index < -0.39 is 0 Å². The van der Waals surface area contributed by atoms with Gasteiger partial charge in [0.05, 0.1) is 11.0 Å². The number of para-hydroxylation sites is 2. The van der Waals surface area contributed by atoms with E-state index in [0.29, 0.717) is 6.61 Å². The maximum Gasteiger partial charge on any atom is 0.136 e. The van der Waals surface area contributed by atoms with Crippen molar-refractivity contribution in [2.45, 2.75) is 32.5 Å². The number of ether oxygens (including phenoxy) is 1. The van der Waals surface area contributed by atoms with Gasteiger partial charge in [0, 0.05) is 19.7 Å². The molecule has 1 aromatic carbocycles. The van der Waals surface area contributed by atoms with Crippen LogP contribution in [0.3, 0.4) is 0 Å². The number of nitrogens with two attached hydrogens (primary N) is 1. The molecule has 0 aliphatic heterocycles. The number of hydrogen-bond donors (Lipinski definition) is 1. The molecule has 0 amide bonds. The monoisotopic (exact) mass is 233 g/mol. The van der Waals surface area contributed by atoms with Crippen molar-refractivity contribution in [1.29, 1.82) is 0 Å². The van der Waals surface area contributed by atoms with Gasteiger partial charge in [-0.3, -0.25) is 0 Å². The third kappa shape index (κ3) is 2.48. The molecule has 0 aliphatic rings. The molecule has 0 saturated carbocycles. The molecule has 0 radical (unpaired) electrons. The van der Waals surface area contributed by atoms with Gasteiger partial charge in [0.25, 0.3) is 0 Å². The zero-order valence-electron chi connectivity index (χ0n) is 10.4. The molecule has 0 fully saturated rings.